The molecule has 1 rings (SSSR count). The molecule has 0 aromatic heterocycles. The van der Waals surface area contributed by atoms with Crippen molar-refractivity contribution in [3.63, 3.8) is 0 Å². The third-order valence-electron chi connectivity index (χ3n) is 2.06. The van der Waals surface area contributed by atoms with E-state index >= 15 is 0 Å². The van der Waals surface area contributed by atoms with E-state index in [4.69, 9.17) is 0 Å². The maximum atomic E-state index is 4.26. The van der Waals surface area contributed by atoms with Crippen LogP contribution in [0.1, 0.15) is 33.1 Å². The quantitative estimate of drug-likeness (QED) is 0.480. The second kappa shape index (κ2) is 5.41. The van der Waals surface area contributed by atoms with Crippen molar-refractivity contribution in [1.29, 1.82) is 0 Å². The number of nitrogens with zero attached hydrogens (tertiary/aromatic N) is 1. The molecule has 1 heterocycles. The Morgan fingerprint density at radius 2 is 2.58 bits per heavy atom. The zero-order valence-electron chi connectivity index (χ0n) is 7.84. The molecule has 0 saturated carbocycles. The molecule has 0 aromatic rings. The fraction of sp³-hybridized carbons (Fsp3) is 0.700. The van der Waals surface area contributed by atoms with E-state index < -0.39 is 0 Å². The first-order valence-electron chi connectivity index (χ1n) is 4.58. The summed E-state index contributed by atoms with van der Waals surface area (Å²) in [5.74, 6) is 1.09. The van der Waals surface area contributed by atoms with Crippen molar-refractivity contribution in [3.8, 4) is 0 Å². The number of aliphatic imine (C=N–C) groups is 1. The lowest BCUT2D eigenvalue weighted by atomic mass is 10.1. The summed E-state index contributed by atoms with van der Waals surface area (Å²) in [6, 6.07) is 0.423. The van der Waals surface area contributed by atoms with Crippen LogP contribution in [0.4, 0.5) is 0 Å². The first-order valence-corrected chi connectivity index (χ1v) is 5.56. The Balaban J connectivity index is 2.29. The highest BCUT2D eigenvalue weighted by Crippen LogP contribution is 2.18. The minimum atomic E-state index is 0.423. The van der Waals surface area contributed by atoms with Crippen LogP contribution in [0.15, 0.2) is 16.6 Å². The van der Waals surface area contributed by atoms with Gasteiger partial charge in [-0.05, 0) is 13.3 Å². The van der Waals surface area contributed by atoms with E-state index in [9.17, 15) is 0 Å². The largest absolute Gasteiger partial charge is 0.267 e. The third-order valence-corrected chi connectivity index (χ3v) is 2.78. The van der Waals surface area contributed by atoms with E-state index in [-0.39, 0.29) is 0 Å². The Hall–Kier alpha value is -0.240. The van der Waals surface area contributed by atoms with Gasteiger partial charge in [-0.1, -0.05) is 31.4 Å². The number of rotatable bonds is 4. The zero-order chi connectivity index (χ0) is 8.81. The molecular formula is C10H16NS. The van der Waals surface area contributed by atoms with E-state index in [1.807, 2.05) is 0 Å². The maximum absolute atomic E-state index is 4.26. The van der Waals surface area contributed by atoms with Crippen LogP contribution >= 0.6 is 11.8 Å². The van der Waals surface area contributed by atoms with Crippen LogP contribution in [0.25, 0.3) is 0 Å². The molecule has 0 fully saturated rings. The van der Waals surface area contributed by atoms with Crippen LogP contribution < -0.4 is 0 Å². The highest BCUT2D eigenvalue weighted by molar-refractivity contribution is 8.12. The summed E-state index contributed by atoms with van der Waals surface area (Å²) in [5, 5.41) is 0. The zero-order valence-corrected chi connectivity index (χ0v) is 8.66. The third kappa shape index (κ3) is 3.02. The summed E-state index contributed by atoms with van der Waals surface area (Å²) in [6.07, 6.45) is 6.10. The number of unbranched alkanes of at least 4 members (excludes halogenated alkanes) is 2. The lowest BCUT2D eigenvalue weighted by Crippen LogP contribution is -2.04. The lowest BCUT2D eigenvalue weighted by Gasteiger charge is -2.05. The van der Waals surface area contributed by atoms with Crippen molar-refractivity contribution >= 4 is 17.3 Å². The molecule has 1 aliphatic rings. The van der Waals surface area contributed by atoms with Crippen LogP contribution in [-0.4, -0.2) is 17.3 Å². The molecule has 0 spiro atoms. The predicted molar refractivity (Wildman–Crippen MR) is 57.0 cm³/mol. The molecule has 12 heavy (non-hydrogen) atoms. The van der Waals surface area contributed by atoms with E-state index in [2.05, 4.69) is 30.5 Å². The fourth-order valence-electron chi connectivity index (χ4n) is 1.16. The van der Waals surface area contributed by atoms with Gasteiger partial charge in [0.2, 0.25) is 0 Å². The van der Waals surface area contributed by atoms with E-state index in [0.29, 0.717) is 6.04 Å². The van der Waals surface area contributed by atoms with Gasteiger partial charge in [0, 0.05) is 5.75 Å². The molecule has 1 unspecified atom stereocenters. The van der Waals surface area contributed by atoms with Crippen molar-refractivity contribution in [2.45, 2.75) is 39.2 Å². The smallest absolute Gasteiger partial charge is 0.123 e. The molecule has 0 N–H and O–H groups in total. The van der Waals surface area contributed by atoms with Crippen molar-refractivity contribution < 1.29 is 0 Å². The summed E-state index contributed by atoms with van der Waals surface area (Å²) < 4.78 is 0. The second-order valence-electron chi connectivity index (χ2n) is 3.14. The summed E-state index contributed by atoms with van der Waals surface area (Å²) >= 11 is 1.69. The van der Waals surface area contributed by atoms with Gasteiger partial charge in [-0.3, -0.25) is 4.99 Å². The average molecular weight is 182 g/mol. The number of hydrogen-bond donors (Lipinski definition) is 0. The Morgan fingerprint density at radius 1 is 1.75 bits per heavy atom. The van der Waals surface area contributed by atoms with Crippen molar-refractivity contribution in [2.24, 2.45) is 4.99 Å². The van der Waals surface area contributed by atoms with Crippen molar-refractivity contribution in [2.75, 3.05) is 5.75 Å². The maximum Gasteiger partial charge on any atom is 0.123 e. The van der Waals surface area contributed by atoms with Gasteiger partial charge in [0.05, 0.1) is 6.04 Å². The SMILES string of the molecule is CCCCC=C(C)C1CS[C]=N1. The van der Waals surface area contributed by atoms with Gasteiger partial charge in [-0.2, -0.15) is 0 Å². The summed E-state index contributed by atoms with van der Waals surface area (Å²) in [6.45, 7) is 4.40. The molecule has 0 aliphatic carbocycles. The molecule has 0 saturated heterocycles. The van der Waals surface area contributed by atoms with E-state index in [1.165, 1.54) is 24.8 Å². The molecule has 2 heteroatoms. The molecule has 1 aliphatic heterocycles. The molecular weight excluding hydrogens is 166 g/mol. The van der Waals surface area contributed by atoms with Crippen LogP contribution in [0.5, 0.6) is 0 Å². The fourth-order valence-corrected chi connectivity index (χ4v) is 1.93. The Labute approximate surface area is 79.3 Å². The Bertz CT molecular complexity index is 184. The molecule has 1 radical (unpaired) electrons. The van der Waals surface area contributed by atoms with Crippen molar-refractivity contribution in [1.82, 2.24) is 0 Å². The minimum Gasteiger partial charge on any atom is -0.267 e. The number of thioether (sulfide) groups is 1. The second-order valence-corrected chi connectivity index (χ2v) is 3.94. The average Bonchev–Trinajstić information content (AvgIpc) is 2.56. The van der Waals surface area contributed by atoms with Crippen LogP contribution in [0, 0.1) is 0 Å². The molecule has 1 atom stereocenters. The molecule has 0 aromatic carbocycles. The van der Waals surface area contributed by atoms with Crippen LogP contribution in [0.3, 0.4) is 0 Å². The summed E-state index contributed by atoms with van der Waals surface area (Å²) in [5.41, 5.74) is 4.36. The summed E-state index contributed by atoms with van der Waals surface area (Å²) in [4.78, 5) is 4.26. The van der Waals surface area contributed by atoms with Gasteiger partial charge >= 0.3 is 0 Å². The first-order chi connectivity index (χ1) is 5.84. The van der Waals surface area contributed by atoms with E-state index in [0.717, 1.165) is 5.75 Å². The topological polar surface area (TPSA) is 12.4 Å². The molecule has 0 amide bonds. The normalized spacial score (nSPS) is 23.5. The van der Waals surface area contributed by atoms with Gasteiger partial charge in [0.25, 0.3) is 0 Å². The Morgan fingerprint density at radius 3 is 3.17 bits per heavy atom. The molecule has 67 valence electrons. The van der Waals surface area contributed by atoms with Crippen LogP contribution in [-0.2, 0) is 0 Å². The minimum absolute atomic E-state index is 0.423. The molecule has 1 nitrogen and oxygen atoms in total. The highest BCUT2D eigenvalue weighted by Gasteiger charge is 2.12. The van der Waals surface area contributed by atoms with Crippen LogP contribution in [0.2, 0.25) is 0 Å². The van der Waals surface area contributed by atoms with Gasteiger partial charge in [-0.15, -0.1) is 11.8 Å². The van der Waals surface area contributed by atoms with Crippen molar-refractivity contribution in [3.05, 3.63) is 11.6 Å². The lowest BCUT2D eigenvalue weighted by molar-refractivity contribution is 0.796. The first kappa shape index (κ1) is 9.85. The van der Waals surface area contributed by atoms with E-state index in [1.54, 1.807) is 11.8 Å². The van der Waals surface area contributed by atoms with Gasteiger partial charge in [0.15, 0.2) is 0 Å². The monoisotopic (exact) mass is 182 g/mol. The standard InChI is InChI=1S/C10H16NS/c1-3-4-5-6-9(2)10-7-12-8-11-10/h6,10H,3-5,7H2,1-2H3. The summed E-state index contributed by atoms with van der Waals surface area (Å²) in [7, 11) is 0. The van der Waals surface area contributed by atoms with Gasteiger partial charge in [0.1, 0.15) is 5.55 Å². The highest BCUT2D eigenvalue weighted by atomic mass is 32.2. The van der Waals surface area contributed by atoms with Gasteiger partial charge in [-0.25, -0.2) is 0 Å². The Kier molecular flexibility index (Phi) is 4.44. The number of allylic oxidation sites excluding steroid dienone is 1. The van der Waals surface area contributed by atoms with Gasteiger partial charge < -0.3 is 0 Å². The number of hydrogen-bond acceptors (Lipinski definition) is 2. The molecule has 0 bridgehead atoms. The predicted octanol–water partition coefficient (Wildman–Crippen LogP) is 3.14.